The SMILES string of the molecule is O=[N+]([O-])c1cc(Cl)c(Cl)cc1N1CC2CCC(O)C2C1. The van der Waals surface area contributed by atoms with Gasteiger partial charge in [-0.05, 0) is 24.8 Å². The fourth-order valence-electron chi connectivity index (χ4n) is 3.36. The highest BCUT2D eigenvalue weighted by molar-refractivity contribution is 6.42. The topological polar surface area (TPSA) is 66.6 Å². The number of nitro benzene ring substituents is 1. The van der Waals surface area contributed by atoms with Gasteiger partial charge < -0.3 is 10.0 Å². The summed E-state index contributed by atoms with van der Waals surface area (Å²) in [5.41, 5.74) is 0.458. The lowest BCUT2D eigenvalue weighted by atomic mass is 10.00. The second kappa shape index (κ2) is 5.06. The van der Waals surface area contributed by atoms with Gasteiger partial charge in [-0.15, -0.1) is 0 Å². The van der Waals surface area contributed by atoms with Crippen molar-refractivity contribution < 1.29 is 10.0 Å². The number of nitrogens with zero attached hydrogens (tertiary/aromatic N) is 2. The number of rotatable bonds is 2. The predicted molar refractivity (Wildman–Crippen MR) is 77.6 cm³/mol. The molecule has 1 heterocycles. The summed E-state index contributed by atoms with van der Waals surface area (Å²) >= 11 is 11.8. The van der Waals surface area contributed by atoms with Crippen LogP contribution in [-0.2, 0) is 0 Å². The molecule has 0 spiro atoms. The van der Waals surface area contributed by atoms with Gasteiger partial charge >= 0.3 is 0 Å². The van der Waals surface area contributed by atoms with Crippen molar-refractivity contribution in [1.29, 1.82) is 0 Å². The summed E-state index contributed by atoms with van der Waals surface area (Å²) in [4.78, 5) is 12.7. The van der Waals surface area contributed by atoms with Crippen molar-refractivity contribution in [2.24, 2.45) is 11.8 Å². The summed E-state index contributed by atoms with van der Waals surface area (Å²) in [7, 11) is 0. The lowest BCUT2D eigenvalue weighted by Crippen LogP contribution is -2.25. The average molecular weight is 317 g/mol. The van der Waals surface area contributed by atoms with Crippen LogP contribution in [-0.4, -0.2) is 29.2 Å². The zero-order valence-corrected chi connectivity index (χ0v) is 12.1. The molecule has 3 atom stereocenters. The van der Waals surface area contributed by atoms with Gasteiger partial charge in [0.1, 0.15) is 5.69 Å². The minimum Gasteiger partial charge on any atom is -0.393 e. The maximum Gasteiger partial charge on any atom is 0.294 e. The Morgan fingerprint density at radius 1 is 1.25 bits per heavy atom. The summed E-state index contributed by atoms with van der Waals surface area (Å²) in [6.07, 6.45) is 1.50. The zero-order chi connectivity index (χ0) is 14.4. The van der Waals surface area contributed by atoms with E-state index in [1.807, 2.05) is 4.90 Å². The van der Waals surface area contributed by atoms with E-state index in [-0.39, 0.29) is 22.7 Å². The average Bonchev–Trinajstić information content (AvgIpc) is 2.95. The summed E-state index contributed by atoms with van der Waals surface area (Å²) < 4.78 is 0. The van der Waals surface area contributed by atoms with Crippen LogP contribution in [0.15, 0.2) is 12.1 Å². The van der Waals surface area contributed by atoms with E-state index in [9.17, 15) is 15.2 Å². The minimum absolute atomic E-state index is 0.0335. The fraction of sp³-hybridized carbons (Fsp3) is 0.538. The Morgan fingerprint density at radius 3 is 2.60 bits per heavy atom. The molecule has 0 aromatic heterocycles. The first-order chi connectivity index (χ1) is 9.47. The van der Waals surface area contributed by atoms with E-state index >= 15 is 0 Å². The van der Waals surface area contributed by atoms with Gasteiger partial charge in [0.15, 0.2) is 0 Å². The van der Waals surface area contributed by atoms with Gasteiger partial charge in [-0.2, -0.15) is 0 Å². The monoisotopic (exact) mass is 316 g/mol. The van der Waals surface area contributed by atoms with Crippen molar-refractivity contribution in [2.45, 2.75) is 18.9 Å². The number of nitro groups is 1. The zero-order valence-electron chi connectivity index (χ0n) is 10.6. The highest BCUT2D eigenvalue weighted by Crippen LogP contribution is 2.43. The first-order valence-corrected chi connectivity index (χ1v) is 7.29. The van der Waals surface area contributed by atoms with Crippen LogP contribution in [0.3, 0.4) is 0 Å². The van der Waals surface area contributed by atoms with E-state index in [1.165, 1.54) is 6.07 Å². The Bertz CT molecular complexity index is 567. The van der Waals surface area contributed by atoms with Gasteiger partial charge in [-0.3, -0.25) is 10.1 Å². The summed E-state index contributed by atoms with van der Waals surface area (Å²) in [6.45, 7) is 1.35. The minimum atomic E-state index is -0.442. The van der Waals surface area contributed by atoms with Crippen molar-refractivity contribution in [3.05, 3.63) is 32.3 Å². The molecule has 3 unspecified atom stereocenters. The summed E-state index contributed by atoms with van der Waals surface area (Å²) in [5, 5.41) is 21.6. The maximum absolute atomic E-state index is 11.2. The molecule has 0 radical (unpaired) electrons. The molecule has 0 bridgehead atoms. The van der Waals surface area contributed by atoms with Crippen LogP contribution in [0.4, 0.5) is 11.4 Å². The van der Waals surface area contributed by atoms with Crippen LogP contribution in [0.5, 0.6) is 0 Å². The first-order valence-electron chi connectivity index (χ1n) is 6.54. The van der Waals surface area contributed by atoms with E-state index in [2.05, 4.69) is 0 Å². The van der Waals surface area contributed by atoms with E-state index in [0.29, 0.717) is 23.2 Å². The smallest absolute Gasteiger partial charge is 0.294 e. The highest BCUT2D eigenvalue weighted by Gasteiger charge is 2.43. The predicted octanol–water partition coefficient (Wildman–Crippen LogP) is 3.11. The molecule has 2 aliphatic rings. The van der Waals surface area contributed by atoms with Gasteiger partial charge in [-0.25, -0.2) is 0 Å². The third-order valence-corrected chi connectivity index (χ3v) is 5.10. The second-order valence-electron chi connectivity index (χ2n) is 5.49. The molecular formula is C13H14Cl2N2O3. The van der Waals surface area contributed by atoms with Crippen molar-refractivity contribution in [3.8, 4) is 0 Å². The van der Waals surface area contributed by atoms with Gasteiger partial charge in [0, 0.05) is 25.1 Å². The molecule has 1 aliphatic carbocycles. The number of fused-ring (bicyclic) bond motifs is 1. The molecule has 1 N–H and O–H groups in total. The molecule has 5 nitrogen and oxygen atoms in total. The molecular weight excluding hydrogens is 303 g/mol. The summed E-state index contributed by atoms with van der Waals surface area (Å²) in [5.74, 6) is 0.600. The first kappa shape index (κ1) is 13.9. The normalized spacial score (nSPS) is 28.8. The number of aliphatic hydroxyl groups excluding tert-OH is 1. The van der Waals surface area contributed by atoms with Crippen LogP contribution in [0.2, 0.25) is 10.0 Å². The Balaban J connectivity index is 1.95. The van der Waals surface area contributed by atoms with Gasteiger partial charge in [0.25, 0.3) is 5.69 Å². The molecule has 1 aromatic carbocycles. The molecule has 1 saturated carbocycles. The molecule has 1 aliphatic heterocycles. The van der Waals surface area contributed by atoms with Crippen LogP contribution in [0.25, 0.3) is 0 Å². The molecule has 108 valence electrons. The fourth-order valence-corrected chi connectivity index (χ4v) is 3.67. The number of hydrogen-bond donors (Lipinski definition) is 1. The lowest BCUT2D eigenvalue weighted by Gasteiger charge is -2.20. The van der Waals surface area contributed by atoms with Crippen molar-refractivity contribution in [1.82, 2.24) is 0 Å². The van der Waals surface area contributed by atoms with Gasteiger partial charge in [-0.1, -0.05) is 23.2 Å². The van der Waals surface area contributed by atoms with Crippen LogP contribution < -0.4 is 4.90 Å². The van der Waals surface area contributed by atoms with E-state index < -0.39 is 4.92 Å². The number of halogens is 2. The molecule has 20 heavy (non-hydrogen) atoms. The maximum atomic E-state index is 11.2. The van der Waals surface area contributed by atoms with E-state index in [4.69, 9.17) is 23.2 Å². The van der Waals surface area contributed by atoms with Crippen molar-refractivity contribution >= 4 is 34.6 Å². The summed E-state index contributed by atoms with van der Waals surface area (Å²) in [6, 6.07) is 2.85. The molecule has 2 fully saturated rings. The third kappa shape index (κ3) is 2.24. The Hall–Kier alpha value is -1.04. The molecule has 3 rings (SSSR count). The van der Waals surface area contributed by atoms with Crippen molar-refractivity contribution in [3.63, 3.8) is 0 Å². The van der Waals surface area contributed by atoms with Crippen LogP contribution in [0.1, 0.15) is 12.8 Å². The Labute approximate surface area is 126 Å². The van der Waals surface area contributed by atoms with Gasteiger partial charge in [0.05, 0.1) is 21.1 Å². The Kier molecular flexibility index (Phi) is 3.52. The van der Waals surface area contributed by atoms with E-state index in [0.717, 1.165) is 19.4 Å². The van der Waals surface area contributed by atoms with Crippen molar-refractivity contribution in [2.75, 3.05) is 18.0 Å². The van der Waals surface area contributed by atoms with Gasteiger partial charge in [0.2, 0.25) is 0 Å². The standard InChI is InChI=1S/C13H14Cl2N2O3/c14-9-3-11(12(17(19)20)4-10(9)15)16-5-7-1-2-13(18)8(7)6-16/h3-4,7-8,13,18H,1-2,5-6H2. The molecule has 1 aromatic rings. The van der Waals surface area contributed by atoms with Crippen LogP contribution in [0, 0.1) is 22.0 Å². The van der Waals surface area contributed by atoms with Crippen LogP contribution >= 0.6 is 23.2 Å². The number of benzene rings is 1. The number of aliphatic hydroxyl groups is 1. The molecule has 0 amide bonds. The second-order valence-corrected chi connectivity index (χ2v) is 6.30. The molecule has 1 saturated heterocycles. The Morgan fingerprint density at radius 2 is 1.95 bits per heavy atom. The largest absolute Gasteiger partial charge is 0.393 e. The lowest BCUT2D eigenvalue weighted by molar-refractivity contribution is -0.384. The number of hydrogen-bond acceptors (Lipinski definition) is 4. The van der Waals surface area contributed by atoms with E-state index in [1.54, 1.807) is 6.07 Å². The molecule has 7 heteroatoms. The highest BCUT2D eigenvalue weighted by atomic mass is 35.5. The number of anilines is 1. The quantitative estimate of drug-likeness (QED) is 0.672. The third-order valence-electron chi connectivity index (χ3n) is 4.37.